The summed E-state index contributed by atoms with van der Waals surface area (Å²) in [5, 5.41) is 4.88. The normalized spacial score (nSPS) is 10.9. The van der Waals surface area contributed by atoms with Crippen LogP contribution >= 0.6 is 22.7 Å². The SMILES string of the molecule is O=C(Nc1nc2ccccc2s1)c1c[nH]c(=O)n(Cc2cccs2)c1=O. The smallest absolute Gasteiger partial charge is 0.313 e. The van der Waals surface area contributed by atoms with Crippen LogP contribution in [0, 0.1) is 0 Å². The van der Waals surface area contributed by atoms with E-state index in [0.717, 1.165) is 25.9 Å². The van der Waals surface area contributed by atoms with Crippen LogP contribution in [-0.2, 0) is 6.54 Å². The van der Waals surface area contributed by atoms with Crippen molar-refractivity contribution in [1.29, 1.82) is 0 Å². The number of nitrogens with zero attached hydrogens (tertiary/aromatic N) is 2. The molecule has 0 aliphatic rings. The number of aromatic amines is 1. The molecule has 0 spiro atoms. The molecule has 9 heteroatoms. The number of aromatic nitrogens is 3. The van der Waals surface area contributed by atoms with Crippen LogP contribution in [0.25, 0.3) is 10.2 Å². The lowest BCUT2D eigenvalue weighted by atomic mass is 10.3. The maximum Gasteiger partial charge on any atom is 0.328 e. The summed E-state index contributed by atoms with van der Waals surface area (Å²) in [6.45, 7) is 0.119. The lowest BCUT2D eigenvalue weighted by Gasteiger charge is -2.05. The summed E-state index contributed by atoms with van der Waals surface area (Å²) in [5.74, 6) is -0.606. The van der Waals surface area contributed by atoms with E-state index < -0.39 is 17.2 Å². The minimum Gasteiger partial charge on any atom is -0.313 e. The summed E-state index contributed by atoms with van der Waals surface area (Å²) >= 11 is 2.75. The molecule has 0 saturated carbocycles. The van der Waals surface area contributed by atoms with Gasteiger partial charge in [-0.25, -0.2) is 9.78 Å². The number of thiophene rings is 1. The van der Waals surface area contributed by atoms with Crippen molar-refractivity contribution in [3.05, 3.63) is 79.3 Å². The predicted octanol–water partition coefficient (Wildman–Crippen LogP) is 2.51. The summed E-state index contributed by atoms with van der Waals surface area (Å²) < 4.78 is 1.94. The Morgan fingerprint density at radius 3 is 2.81 bits per heavy atom. The number of para-hydroxylation sites is 1. The zero-order valence-electron chi connectivity index (χ0n) is 13.3. The second kappa shape index (κ2) is 6.70. The first-order chi connectivity index (χ1) is 12.6. The average molecular weight is 384 g/mol. The van der Waals surface area contributed by atoms with Crippen LogP contribution in [0.3, 0.4) is 0 Å². The number of H-pyrrole nitrogens is 1. The van der Waals surface area contributed by atoms with Crippen molar-refractivity contribution < 1.29 is 4.79 Å². The molecule has 26 heavy (non-hydrogen) atoms. The van der Waals surface area contributed by atoms with Crippen LogP contribution in [0.1, 0.15) is 15.2 Å². The highest BCUT2D eigenvalue weighted by Gasteiger charge is 2.17. The van der Waals surface area contributed by atoms with E-state index in [9.17, 15) is 14.4 Å². The standard InChI is InChI=1S/C17H12N4O3S2/c22-14(20-16-19-12-5-1-2-6-13(12)26-16)11-8-18-17(24)21(15(11)23)9-10-4-3-7-25-10/h1-8H,9H2,(H,18,24)(H,19,20,22). The molecule has 4 rings (SSSR count). The molecule has 1 aromatic carbocycles. The second-order valence-corrected chi connectivity index (χ2v) is 7.48. The van der Waals surface area contributed by atoms with Crippen molar-refractivity contribution in [2.24, 2.45) is 0 Å². The first kappa shape index (κ1) is 16.4. The number of nitrogens with one attached hydrogen (secondary N) is 2. The van der Waals surface area contributed by atoms with Gasteiger partial charge in [-0.05, 0) is 23.6 Å². The number of carbonyl (C=O) groups excluding carboxylic acids is 1. The molecule has 0 aliphatic carbocycles. The fourth-order valence-electron chi connectivity index (χ4n) is 2.47. The monoisotopic (exact) mass is 384 g/mol. The molecule has 2 N–H and O–H groups in total. The number of fused-ring (bicyclic) bond motifs is 1. The number of hydrogen-bond donors (Lipinski definition) is 2. The van der Waals surface area contributed by atoms with E-state index in [2.05, 4.69) is 15.3 Å². The Morgan fingerprint density at radius 1 is 1.19 bits per heavy atom. The summed E-state index contributed by atoms with van der Waals surface area (Å²) in [7, 11) is 0. The van der Waals surface area contributed by atoms with Crippen molar-refractivity contribution >= 4 is 43.9 Å². The number of thiazole rings is 1. The van der Waals surface area contributed by atoms with Gasteiger partial charge in [0.05, 0.1) is 16.8 Å². The second-order valence-electron chi connectivity index (χ2n) is 5.42. The zero-order valence-corrected chi connectivity index (χ0v) is 14.9. The average Bonchev–Trinajstić information content (AvgIpc) is 3.27. The lowest BCUT2D eigenvalue weighted by molar-refractivity contribution is 0.102. The van der Waals surface area contributed by atoms with E-state index in [1.54, 1.807) is 0 Å². The van der Waals surface area contributed by atoms with Gasteiger partial charge in [-0.15, -0.1) is 11.3 Å². The fraction of sp³-hybridized carbons (Fsp3) is 0.0588. The first-order valence-electron chi connectivity index (χ1n) is 7.63. The van der Waals surface area contributed by atoms with Crippen molar-refractivity contribution in [1.82, 2.24) is 14.5 Å². The minimum atomic E-state index is -0.638. The molecule has 0 radical (unpaired) electrons. The Hall–Kier alpha value is -3.04. The molecule has 7 nitrogen and oxygen atoms in total. The lowest BCUT2D eigenvalue weighted by Crippen LogP contribution is -2.39. The Bertz CT molecular complexity index is 1170. The number of amides is 1. The zero-order chi connectivity index (χ0) is 18.1. The molecule has 4 aromatic rings. The summed E-state index contributed by atoms with van der Waals surface area (Å²) in [6, 6.07) is 11.1. The number of hydrogen-bond acceptors (Lipinski definition) is 6. The highest BCUT2D eigenvalue weighted by Crippen LogP contribution is 2.25. The van der Waals surface area contributed by atoms with Gasteiger partial charge in [0.1, 0.15) is 5.56 Å². The van der Waals surface area contributed by atoms with E-state index in [-0.39, 0.29) is 12.1 Å². The molecule has 0 aliphatic heterocycles. The third-order valence-corrected chi connectivity index (χ3v) is 5.53. The van der Waals surface area contributed by atoms with Crippen LogP contribution in [0.2, 0.25) is 0 Å². The van der Waals surface area contributed by atoms with Crippen LogP contribution in [0.5, 0.6) is 0 Å². The van der Waals surface area contributed by atoms with Crippen LogP contribution in [-0.4, -0.2) is 20.4 Å². The van der Waals surface area contributed by atoms with E-state index in [1.165, 1.54) is 22.7 Å². The van der Waals surface area contributed by atoms with Gasteiger partial charge in [0.15, 0.2) is 5.13 Å². The van der Waals surface area contributed by atoms with Crippen LogP contribution in [0.15, 0.2) is 57.6 Å². The Kier molecular flexibility index (Phi) is 4.23. The van der Waals surface area contributed by atoms with Crippen LogP contribution in [0.4, 0.5) is 5.13 Å². The maximum atomic E-state index is 12.6. The van der Waals surface area contributed by atoms with Gasteiger partial charge in [-0.2, -0.15) is 0 Å². The van der Waals surface area contributed by atoms with Gasteiger partial charge in [0, 0.05) is 11.1 Å². The van der Waals surface area contributed by atoms with Crippen molar-refractivity contribution in [2.75, 3.05) is 5.32 Å². The molecule has 0 saturated heterocycles. The molecule has 1 amide bonds. The van der Waals surface area contributed by atoms with E-state index in [1.807, 2.05) is 41.8 Å². The highest BCUT2D eigenvalue weighted by atomic mass is 32.1. The number of benzene rings is 1. The third kappa shape index (κ3) is 3.09. The fourth-order valence-corrected chi connectivity index (χ4v) is 4.02. The quantitative estimate of drug-likeness (QED) is 0.565. The first-order valence-corrected chi connectivity index (χ1v) is 9.33. The minimum absolute atomic E-state index is 0.119. The molecular weight excluding hydrogens is 372 g/mol. The van der Waals surface area contributed by atoms with Crippen molar-refractivity contribution in [3.8, 4) is 0 Å². The molecular formula is C17H12N4O3S2. The van der Waals surface area contributed by atoms with Crippen molar-refractivity contribution in [2.45, 2.75) is 6.54 Å². The summed E-state index contributed by atoms with van der Waals surface area (Å²) in [6.07, 6.45) is 1.14. The van der Waals surface area contributed by atoms with Gasteiger partial charge in [0.25, 0.3) is 11.5 Å². The van der Waals surface area contributed by atoms with Gasteiger partial charge < -0.3 is 4.98 Å². The Morgan fingerprint density at radius 2 is 2.04 bits per heavy atom. The molecule has 0 fully saturated rings. The largest absolute Gasteiger partial charge is 0.328 e. The van der Waals surface area contributed by atoms with E-state index in [4.69, 9.17) is 0 Å². The molecule has 0 bridgehead atoms. The maximum absolute atomic E-state index is 12.6. The summed E-state index contributed by atoms with van der Waals surface area (Å²) in [5.41, 5.74) is -0.564. The molecule has 130 valence electrons. The van der Waals surface area contributed by atoms with Gasteiger partial charge >= 0.3 is 5.69 Å². The topological polar surface area (TPSA) is 96.8 Å². The molecule has 0 atom stereocenters. The van der Waals surface area contributed by atoms with Crippen molar-refractivity contribution in [3.63, 3.8) is 0 Å². The Balaban J connectivity index is 1.65. The van der Waals surface area contributed by atoms with Gasteiger partial charge in [0.2, 0.25) is 0 Å². The van der Waals surface area contributed by atoms with Gasteiger partial charge in [-0.1, -0.05) is 29.5 Å². The summed E-state index contributed by atoms with van der Waals surface area (Å²) in [4.78, 5) is 44.7. The number of rotatable bonds is 4. The molecule has 3 heterocycles. The number of anilines is 1. The van der Waals surface area contributed by atoms with E-state index >= 15 is 0 Å². The van der Waals surface area contributed by atoms with E-state index in [0.29, 0.717) is 5.13 Å². The third-order valence-electron chi connectivity index (χ3n) is 3.71. The molecule has 3 aromatic heterocycles. The highest BCUT2D eigenvalue weighted by molar-refractivity contribution is 7.22. The van der Waals surface area contributed by atoms with Gasteiger partial charge in [-0.3, -0.25) is 19.5 Å². The number of carbonyl (C=O) groups is 1. The van der Waals surface area contributed by atoms with Crippen LogP contribution < -0.4 is 16.6 Å². The predicted molar refractivity (Wildman–Crippen MR) is 102 cm³/mol. The Labute approximate surface area is 154 Å². The molecule has 0 unspecified atom stereocenters.